The molecule has 2 heterocycles. The monoisotopic (exact) mass is 351 g/mol. The van der Waals surface area contributed by atoms with E-state index in [4.69, 9.17) is 0 Å². The van der Waals surface area contributed by atoms with Crippen LogP contribution in [0, 0.1) is 6.92 Å². The summed E-state index contributed by atoms with van der Waals surface area (Å²) in [5.74, 6) is 0.163. The summed E-state index contributed by atoms with van der Waals surface area (Å²) in [6.45, 7) is 4.63. The molecule has 1 aliphatic heterocycles. The van der Waals surface area contributed by atoms with Crippen molar-refractivity contribution in [2.24, 2.45) is 0 Å². The Balaban J connectivity index is 1.54. The van der Waals surface area contributed by atoms with Crippen LogP contribution in [0.3, 0.4) is 0 Å². The zero-order chi connectivity index (χ0) is 18.4. The van der Waals surface area contributed by atoms with Gasteiger partial charge >= 0.3 is 0 Å². The third kappa shape index (κ3) is 4.48. The Labute approximate surface area is 154 Å². The molecule has 1 fully saturated rings. The summed E-state index contributed by atoms with van der Waals surface area (Å²) in [5, 5.41) is 0. The fourth-order valence-electron chi connectivity index (χ4n) is 3.33. The molecule has 136 valence electrons. The third-order valence-electron chi connectivity index (χ3n) is 4.91. The van der Waals surface area contributed by atoms with Crippen molar-refractivity contribution in [3.05, 3.63) is 65.5 Å². The van der Waals surface area contributed by atoms with Crippen molar-refractivity contribution in [3.63, 3.8) is 0 Å². The molecule has 0 bridgehead atoms. The summed E-state index contributed by atoms with van der Waals surface area (Å²) in [5.41, 5.74) is 3.06. The molecule has 2 amide bonds. The third-order valence-corrected chi connectivity index (χ3v) is 4.91. The van der Waals surface area contributed by atoms with E-state index in [2.05, 4.69) is 24.0 Å². The maximum Gasteiger partial charge on any atom is 0.255 e. The second kappa shape index (κ2) is 8.61. The number of hydrogen-bond donors (Lipinski definition) is 0. The van der Waals surface area contributed by atoms with E-state index < -0.39 is 0 Å². The molecule has 1 aromatic heterocycles. The first-order valence-corrected chi connectivity index (χ1v) is 9.17. The minimum Gasteiger partial charge on any atom is -0.341 e. The average Bonchev–Trinajstić information content (AvgIpc) is 2.93. The Hall–Kier alpha value is -2.69. The largest absolute Gasteiger partial charge is 0.341 e. The van der Waals surface area contributed by atoms with E-state index >= 15 is 0 Å². The van der Waals surface area contributed by atoms with Gasteiger partial charge in [0.15, 0.2) is 0 Å². The van der Waals surface area contributed by atoms with Gasteiger partial charge in [-0.25, -0.2) is 0 Å². The molecule has 0 aliphatic carbocycles. The number of carbonyl (C=O) groups excluding carboxylic acids is 2. The van der Waals surface area contributed by atoms with Crippen LogP contribution >= 0.6 is 0 Å². The molecule has 0 radical (unpaired) electrons. The van der Waals surface area contributed by atoms with Gasteiger partial charge in [0, 0.05) is 45.0 Å². The Morgan fingerprint density at radius 1 is 1.00 bits per heavy atom. The highest BCUT2D eigenvalue weighted by Crippen LogP contribution is 2.13. The lowest BCUT2D eigenvalue weighted by atomic mass is 10.0. The van der Waals surface area contributed by atoms with Crippen LogP contribution < -0.4 is 0 Å². The van der Waals surface area contributed by atoms with Gasteiger partial charge in [-0.15, -0.1) is 0 Å². The molecule has 3 rings (SSSR count). The number of nitrogens with zero attached hydrogens (tertiary/aromatic N) is 3. The van der Waals surface area contributed by atoms with Gasteiger partial charge in [-0.2, -0.15) is 0 Å². The molecule has 0 spiro atoms. The number of rotatable bonds is 4. The molecule has 1 aliphatic rings. The number of carbonyl (C=O) groups is 2. The molecule has 2 aromatic rings. The SMILES string of the molecule is Cc1ccccc1CCC(=O)N1CCCN(C(=O)c2cccnc2)CC1. The van der Waals surface area contributed by atoms with E-state index in [0.29, 0.717) is 38.2 Å². The number of pyridine rings is 1. The van der Waals surface area contributed by atoms with Gasteiger partial charge in [-0.1, -0.05) is 24.3 Å². The van der Waals surface area contributed by atoms with Crippen LogP contribution in [0.4, 0.5) is 0 Å². The first kappa shape index (κ1) is 18.1. The molecule has 0 unspecified atom stereocenters. The van der Waals surface area contributed by atoms with Crippen LogP contribution in [0.2, 0.25) is 0 Å². The Morgan fingerprint density at radius 3 is 2.54 bits per heavy atom. The lowest BCUT2D eigenvalue weighted by Crippen LogP contribution is -2.37. The van der Waals surface area contributed by atoms with Crippen molar-refractivity contribution in [2.45, 2.75) is 26.2 Å². The molecule has 1 saturated heterocycles. The van der Waals surface area contributed by atoms with E-state index in [1.165, 1.54) is 11.1 Å². The van der Waals surface area contributed by atoms with E-state index in [9.17, 15) is 9.59 Å². The fourth-order valence-corrected chi connectivity index (χ4v) is 3.33. The van der Waals surface area contributed by atoms with Gasteiger partial charge in [0.2, 0.25) is 5.91 Å². The summed E-state index contributed by atoms with van der Waals surface area (Å²) in [6, 6.07) is 11.7. The van der Waals surface area contributed by atoms with Gasteiger partial charge in [0.1, 0.15) is 0 Å². The minimum atomic E-state index is -0.00712. The second-order valence-electron chi connectivity index (χ2n) is 6.69. The molecule has 1 aromatic carbocycles. The van der Waals surface area contributed by atoms with Gasteiger partial charge < -0.3 is 9.80 Å². The predicted octanol–water partition coefficient (Wildman–Crippen LogP) is 2.70. The summed E-state index contributed by atoms with van der Waals surface area (Å²) >= 11 is 0. The van der Waals surface area contributed by atoms with Crippen LogP contribution in [-0.4, -0.2) is 52.8 Å². The van der Waals surface area contributed by atoms with Crippen LogP contribution in [0.5, 0.6) is 0 Å². The zero-order valence-electron chi connectivity index (χ0n) is 15.2. The number of aromatic nitrogens is 1. The maximum absolute atomic E-state index is 12.6. The standard InChI is InChI=1S/C21H25N3O2/c1-17-6-2-3-7-18(17)9-10-20(25)23-12-5-13-24(15-14-23)21(26)19-8-4-11-22-16-19/h2-4,6-8,11,16H,5,9-10,12-15H2,1H3. The van der Waals surface area contributed by atoms with Crippen molar-refractivity contribution in [1.82, 2.24) is 14.8 Å². The van der Waals surface area contributed by atoms with Crippen LogP contribution in [0.15, 0.2) is 48.8 Å². The van der Waals surface area contributed by atoms with E-state index in [-0.39, 0.29) is 11.8 Å². The van der Waals surface area contributed by atoms with E-state index in [1.807, 2.05) is 21.9 Å². The second-order valence-corrected chi connectivity index (χ2v) is 6.69. The smallest absolute Gasteiger partial charge is 0.255 e. The van der Waals surface area contributed by atoms with Gasteiger partial charge in [0.25, 0.3) is 5.91 Å². The first-order chi connectivity index (χ1) is 12.6. The topological polar surface area (TPSA) is 53.5 Å². The van der Waals surface area contributed by atoms with E-state index in [1.54, 1.807) is 24.5 Å². The van der Waals surface area contributed by atoms with Gasteiger partial charge in [0.05, 0.1) is 5.56 Å². The number of benzene rings is 1. The molecular weight excluding hydrogens is 326 g/mol. The lowest BCUT2D eigenvalue weighted by molar-refractivity contribution is -0.131. The summed E-state index contributed by atoms with van der Waals surface area (Å²) in [4.78, 5) is 32.9. The molecule has 26 heavy (non-hydrogen) atoms. The van der Waals surface area contributed by atoms with Crippen LogP contribution in [-0.2, 0) is 11.2 Å². The number of hydrogen-bond acceptors (Lipinski definition) is 3. The highest BCUT2D eigenvalue weighted by molar-refractivity contribution is 5.94. The van der Waals surface area contributed by atoms with Crippen molar-refractivity contribution in [3.8, 4) is 0 Å². The normalized spacial score (nSPS) is 14.8. The van der Waals surface area contributed by atoms with Gasteiger partial charge in [-0.3, -0.25) is 14.6 Å². The van der Waals surface area contributed by atoms with Crippen LogP contribution in [0.25, 0.3) is 0 Å². The molecule has 0 N–H and O–H groups in total. The Bertz CT molecular complexity index is 761. The maximum atomic E-state index is 12.6. The Kier molecular flexibility index (Phi) is 6.00. The summed E-state index contributed by atoms with van der Waals surface area (Å²) in [7, 11) is 0. The predicted molar refractivity (Wildman–Crippen MR) is 101 cm³/mol. The quantitative estimate of drug-likeness (QED) is 0.851. The van der Waals surface area contributed by atoms with Crippen molar-refractivity contribution in [1.29, 1.82) is 0 Å². The van der Waals surface area contributed by atoms with Gasteiger partial charge in [-0.05, 0) is 43.0 Å². The lowest BCUT2D eigenvalue weighted by Gasteiger charge is -2.22. The average molecular weight is 351 g/mol. The Morgan fingerprint density at radius 2 is 1.77 bits per heavy atom. The molecule has 0 saturated carbocycles. The fraction of sp³-hybridized carbons (Fsp3) is 0.381. The summed E-state index contributed by atoms with van der Waals surface area (Å²) < 4.78 is 0. The van der Waals surface area contributed by atoms with Crippen molar-refractivity contribution >= 4 is 11.8 Å². The number of amides is 2. The first-order valence-electron chi connectivity index (χ1n) is 9.17. The highest BCUT2D eigenvalue weighted by Gasteiger charge is 2.22. The van der Waals surface area contributed by atoms with E-state index in [0.717, 1.165) is 12.8 Å². The molecular formula is C21H25N3O2. The molecule has 5 heteroatoms. The molecule has 0 atom stereocenters. The van der Waals surface area contributed by atoms with Crippen molar-refractivity contribution in [2.75, 3.05) is 26.2 Å². The highest BCUT2D eigenvalue weighted by atomic mass is 16.2. The van der Waals surface area contributed by atoms with Crippen LogP contribution in [0.1, 0.15) is 34.3 Å². The number of aryl methyl sites for hydroxylation is 2. The molecule has 5 nitrogen and oxygen atoms in total. The minimum absolute atomic E-state index is 0.00712. The summed E-state index contributed by atoms with van der Waals surface area (Å²) in [6.07, 6.45) is 5.34. The van der Waals surface area contributed by atoms with Crippen molar-refractivity contribution < 1.29 is 9.59 Å². The zero-order valence-corrected chi connectivity index (χ0v) is 15.2.